The van der Waals surface area contributed by atoms with E-state index in [4.69, 9.17) is 0 Å². The Kier molecular flexibility index (Phi) is 3.39. The van der Waals surface area contributed by atoms with Gasteiger partial charge < -0.3 is 9.72 Å². The third-order valence-corrected chi connectivity index (χ3v) is 3.25. The normalized spacial score (nSPS) is 10.8. The van der Waals surface area contributed by atoms with Gasteiger partial charge in [0.25, 0.3) is 0 Å². The predicted octanol–water partition coefficient (Wildman–Crippen LogP) is 2.53. The van der Waals surface area contributed by atoms with Crippen molar-refractivity contribution in [1.82, 2.24) is 14.4 Å². The van der Waals surface area contributed by atoms with Crippen LogP contribution in [0, 0.1) is 13.8 Å². The van der Waals surface area contributed by atoms with Gasteiger partial charge in [-0.3, -0.25) is 4.79 Å². The monoisotopic (exact) mass is 280 g/mol. The fourth-order valence-electron chi connectivity index (χ4n) is 2.25. The van der Waals surface area contributed by atoms with E-state index < -0.39 is 0 Å². The lowest BCUT2D eigenvalue weighted by Gasteiger charge is -2.03. The Balaban J connectivity index is 1.75. The lowest BCUT2D eigenvalue weighted by molar-refractivity contribution is -0.115. The Morgan fingerprint density at radius 1 is 1.33 bits per heavy atom. The second-order valence-electron chi connectivity index (χ2n) is 5.10. The number of pyridine rings is 2. The van der Waals surface area contributed by atoms with Crippen LogP contribution in [0.1, 0.15) is 16.8 Å². The summed E-state index contributed by atoms with van der Waals surface area (Å²) in [6.45, 7) is 3.96. The first-order valence-electron chi connectivity index (χ1n) is 6.77. The zero-order chi connectivity index (χ0) is 14.8. The summed E-state index contributed by atoms with van der Waals surface area (Å²) in [5.74, 6) is 0.453. The van der Waals surface area contributed by atoms with Crippen LogP contribution in [-0.4, -0.2) is 20.3 Å². The molecule has 0 aliphatic carbocycles. The van der Waals surface area contributed by atoms with Gasteiger partial charge in [-0.2, -0.15) is 0 Å². The summed E-state index contributed by atoms with van der Waals surface area (Å²) in [4.78, 5) is 20.7. The van der Waals surface area contributed by atoms with E-state index in [0.717, 1.165) is 22.5 Å². The number of carbonyl (C=O) groups excluding carboxylic acids is 1. The largest absolute Gasteiger partial charge is 0.310 e. The van der Waals surface area contributed by atoms with E-state index in [-0.39, 0.29) is 12.3 Å². The van der Waals surface area contributed by atoms with Crippen molar-refractivity contribution in [3.05, 3.63) is 59.7 Å². The fraction of sp³-hybridized carbons (Fsp3) is 0.188. The van der Waals surface area contributed by atoms with Crippen molar-refractivity contribution < 1.29 is 4.79 Å². The molecular weight excluding hydrogens is 264 g/mol. The number of rotatable bonds is 3. The molecule has 3 heterocycles. The average molecular weight is 280 g/mol. The van der Waals surface area contributed by atoms with E-state index in [1.54, 1.807) is 6.20 Å². The Hall–Kier alpha value is -2.69. The van der Waals surface area contributed by atoms with E-state index in [1.165, 1.54) is 0 Å². The minimum atomic E-state index is -0.117. The van der Waals surface area contributed by atoms with Crippen molar-refractivity contribution >= 4 is 17.4 Å². The molecule has 0 aliphatic heterocycles. The Labute approximate surface area is 122 Å². The summed E-state index contributed by atoms with van der Waals surface area (Å²) < 4.78 is 1.93. The number of anilines is 1. The molecule has 0 radical (unpaired) electrons. The van der Waals surface area contributed by atoms with E-state index in [9.17, 15) is 4.79 Å². The molecule has 3 rings (SSSR count). The fourth-order valence-corrected chi connectivity index (χ4v) is 2.25. The maximum atomic E-state index is 12.1. The van der Waals surface area contributed by atoms with E-state index in [2.05, 4.69) is 15.3 Å². The van der Waals surface area contributed by atoms with Crippen LogP contribution in [0.5, 0.6) is 0 Å². The molecule has 0 spiro atoms. The standard InChI is InChI=1S/C16H16N4O/c1-11-5-6-17-14(8-11)19-15(21)9-13-10-20-7-3-4-12(2)16(20)18-13/h3-8,10H,9H2,1-2H3,(H,17,19,21). The molecule has 0 aromatic carbocycles. The number of fused-ring (bicyclic) bond motifs is 1. The summed E-state index contributed by atoms with van der Waals surface area (Å²) in [5.41, 5.74) is 3.77. The maximum absolute atomic E-state index is 12.1. The molecule has 5 nitrogen and oxygen atoms in total. The summed E-state index contributed by atoms with van der Waals surface area (Å²) in [6.07, 6.45) is 5.72. The average Bonchev–Trinajstić information content (AvgIpc) is 2.82. The summed E-state index contributed by atoms with van der Waals surface area (Å²) in [7, 11) is 0. The first kappa shape index (κ1) is 13.3. The highest BCUT2D eigenvalue weighted by Gasteiger charge is 2.09. The van der Waals surface area contributed by atoms with E-state index >= 15 is 0 Å². The topological polar surface area (TPSA) is 59.3 Å². The molecule has 1 N–H and O–H groups in total. The van der Waals surface area contributed by atoms with Crippen LogP contribution in [0.15, 0.2) is 42.9 Å². The Morgan fingerprint density at radius 3 is 2.95 bits per heavy atom. The summed E-state index contributed by atoms with van der Waals surface area (Å²) in [5, 5.41) is 2.79. The molecule has 0 atom stereocenters. The van der Waals surface area contributed by atoms with Gasteiger partial charge in [0.05, 0.1) is 12.1 Å². The van der Waals surface area contributed by atoms with Crippen molar-refractivity contribution in [1.29, 1.82) is 0 Å². The van der Waals surface area contributed by atoms with Gasteiger partial charge in [-0.05, 0) is 43.2 Å². The van der Waals surface area contributed by atoms with Crippen molar-refractivity contribution in [2.45, 2.75) is 20.3 Å². The highest BCUT2D eigenvalue weighted by Crippen LogP contribution is 2.11. The number of amides is 1. The van der Waals surface area contributed by atoms with Crippen LogP contribution >= 0.6 is 0 Å². The number of carbonyl (C=O) groups is 1. The van der Waals surface area contributed by atoms with Crippen LogP contribution in [0.2, 0.25) is 0 Å². The SMILES string of the molecule is Cc1ccnc(NC(=O)Cc2cn3cccc(C)c3n2)c1. The van der Waals surface area contributed by atoms with Crippen LogP contribution in [0.4, 0.5) is 5.82 Å². The Morgan fingerprint density at radius 2 is 2.19 bits per heavy atom. The highest BCUT2D eigenvalue weighted by molar-refractivity contribution is 5.91. The molecule has 0 saturated carbocycles. The van der Waals surface area contributed by atoms with Crippen molar-refractivity contribution in [2.75, 3.05) is 5.32 Å². The second-order valence-corrected chi connectivity index (χ2v) is 5.10. The van der Waals surface area contributed by atoms with Gasteiger partial charge in [0, 0.05) is 18.6 Å². The van der Waals surface area contributed by atoms with E-state index in [1.807, 2.05) is 54.9 Å². The molecule has 0 unspecified atom stereocenters. The quantitative estimate of drug-likeness (QED) is 0.802. The van der Waals surface area contributed by atoms with Crippen LogP contribution in [-0.2, 0) is 11.2 Å². The second kappa shape index (κ2) is 5.36. The highest BCUT2D eigenvalue weighted by atomic mass is 16.1. The minimum Gasteiger partial charge on any atom is -0.310 e. The number of aryl methyl sites for hydroxylation is 2. The molecule has 3 aromatic rings. The molecule has 0 saturated heterocycles. The number of hydrogen-bond donors (Lipinski definition) is 1. The van der Waals surface area contributed by atoms with Crippen LogP contribution in [0.3, 0.4) is 0 Å². The van der Waals surface area contributed by atoms with Gasteiger partial charge in [0.1, 0.15) is 11.5 Å². The molecule has 5 heteroatoms. The summed E-state index contributed by atoms with van der Waals surface area (Å²) >= 11 is 0. The van der Waals surface area contributed by atoms with Crippen molar-refractivity contribution in [3.63, 3.8) is 0 Å². The van der Waals surface area contributed by atoms with Gasteiger partial charge in [-0.25, -0.2) is 9.97 Å². The first-order chi connectivity index (χ1) is 10.1. The molecular formula is C16H16N4O. The third kappa shape index (κ3) is 2.91. The van der Waals surface area contributed by atoms with Crippen LogP contribution < -0.4 is 5.32 Å². The molecule has 0 fully saturated rings. The number of nitrogens with one attached hydrogen (secondary N) is 1. The number of imidazole rings is 1. The third-order valence-electron chi connectivity index (χ3n) is 3.25. The van der Waals surface area contributed by atoms with Crippen molar-refractivity contribution in [2.24, 2.45) is 0 Å². The molecule has 0 bridgehead atoms. The van der Waals surface area contributed by atoms with Gasteiger partial charge in [-0.15, -0.1) is 0 Å². The minimum absolute atomic E-state index is 0.117. The molecule has 21 heavy (non-hydrogen) atoms. The lowest BCUT2D eigenvalue weighted by atomic mass is 10.3. The van der Waals surface area contributed by atoms with Gasteiger partial charge in [-0.1, -0.05) is 6.07 Å². The number of nitrogens with zero attached hydrogens (tertiary/aromatic N) is 3. The van der Waals surface area contributed by atoms with Gasteiger partial charge in [0.15, 0.2) is 0 Å². The molecule has 0 aliphatic rings. The molecule has 106 valence electrons. The van der Waals surface area contributed by atoms with Crippen molar-refractivity contribution in [3.8, 4) is 0 Å². The zero-order valence-electron chi connectivity index (χ0n) is 12.0. The zero-order valence-corrected chi connectivity index (χ0v) is 12.0. The van der Waals surface area contributed by atoms with Gasteiger partial charge in [0.2, 0.25) is 5.91 Å². The molecule has 1 amide bonds. The smallest absolute Gasteiger partial charge is 0.231 e. The first-order valence-corrected chi connectivity index (χ1v) is 6.77. The lowest BCUT2D eigenvalue weighted by Crippen LogP contribution is -2.15. The summed E-state index contributed by atoms with van der Waals surface area (Å²) in [6, 6.07) is 7.69. The number of hydrogen-bond acceptors (Lipinski definition) is 3. The predicted molar refractivity (Wildman–Crippen MR) is 81.2 cm³/mol. The van der Waals surface area contributed by atoms with E-state index in [0.29, 0.717) is 5.82 Å². The van der Waals surface area contributed by atoms with Crippen LogP contribution in [0.25, 0.3) is 5.65 Å². The Bertz CT molecular complexity index is 807. The maximum Gasteiger partial charge on any atom is 0.231 e. The molecule has 3 aromatic heterocycles. The van der Waals surface area contributed by atoms with Gasteiger partial charge >= 0.3 is 0 Å². The number of aromatic nitrogens is 3.